The molecule has 0 unspecified atom stereocenters. The molecule has 0 bridgehead atoms. The minimum Gasteiger partial charge on any atom is -0.0610 e. The summed E-state index contributed by atoms with van der Waals surface area (Å²) in [5, 5.41) is 19.3. The van der Waals surface area contributed by atoms with Crippen LogP contribution in [0.4, 0.5) is 0 Å². The zero-order valence-electron chi connectivity index (χ0n) is 23.1. The molecule has 0 aliphatic rings. The van der Waals surface area contributed by atoms with Crippen LogP contribution in [0.1, 0.15) is 52.7 Å². The maximum Gasteiger partial charge on any atom is -0.000741 e. The Bertz CT molecular complexity index is 2070. The Hall–Kier alpha value is -3.90. The molecule has 0 amide bonds. The fourth-order valence-electron chi connectivity index (χ4n) is 7.05. The molecule has 184 valence electrons. The highest BCUT2D eigenvalue weighted by molar-refractivity contribution is 6.47. The summed E-state index contributed by atoms with van der Waals surface area (Å²) < 4.78 is 0. The van der Waals surface area contributed by atoms with Crippen molar-refractivity contribution >= 4 is 75.4 Å². The lowest BCUT2D eigenvalue weighted by atomic mass is 9.79. The van der Waals surface area contributed by atoms with Crippen LogP contribution >= 0.6 is 0 Å². The maximum absolute atomic E-state index is 2.46. The van der Waals surface area contributed by atoms with E-state index in [-0.39, 0.29) is 10.8 Å². The van der Waals surface area contributed by atoms with E-state index in [0.717, 1.165) is 0 Å². The van der Waals surface area contributed by atoms with Crippen LogP contribution in [0.3, 0.4) is 0 Å². The van der Waals surface area contributed by atoms with E-state index in [2.05, 4.69) is 126 Å². The van der Waals surface area contributed by atoms with Crippen molar-refractivity contribution in [3.8, 4) is 0 Å². The van der Waals surface area contributed by atoms with Gasteiger partial charge >= 0.3 is 0 Å². The monoisotopic (exact) mass is 488 g/mol. The van der Waals surface area contributed by atoms with Crippen LogP contribution in [-0.2, 0) is 10.8 Å². The summed E-state index contributed by atoms with van der Waals surface area (Å²) in [6, 6.07) is 33.0. The Balaban J connectivity index is 1.72. The fraction of sp³-hybridized carbons (Fsp3) is 0.211. The van der Waals surface area contributed by atoms with Gasteiger partial charge in [0.25, 0.3) is 0 Å². The van der Waals surface area contributed by atoms with Crippen LogP contribution in [0, 0.1) is 0 Å². The molecule has 0 aromatic heterocycles. The van der Waals surface area contributed by atoms with Gasteiger partial charge in [0, 0.05) is 0 Å². The van der Waals surface area contributed by atoms with Gasteiger partial charge in [-0.3, -0.25) is 0 Å². The summed E-state index contributed by atoms with van der Waals surface area (Å²) in [6.07, 6.45) is 0. The molecule has 0 heterocycles. The first-order valence-corrected chi connectivity index (χ1v) is 13.9. The molecule has 8 aromatic rings. The molecule has 38 heavy (non-hydrogen) atoms. The molecule has 0 aliphatic carbocycles. The third-order valence-electron chi connectivity index (χ3n) is 9.06. The summed E-state index contributed by atoms with van der Waals surface area (Å²) in [5.74, 6) is 0. The van der Waals surface area contributed by atoms with Crippen LogP contribution in [0.15, 0.2) is 84.9 Å². The van der Waals surface area contributed by atoms with Crippen LogP contribution in [0.25, 0.3) is 75.4 Å². The van der Waals surface area contributed by atoms with Crippen molar-refractivity contribution < 1.29 is 0 Å². The van der Waals surface area contributed by atoms with Crippen molar-refractivity contribution in [2.24, 2.45) is 0 Å². The normalized spacial score (nSPS) is 13.5. The Morgan fingerprint density at radius 3 is 1.00 bits per heavy atom. The molecule has 8 rings (SSSR count). The molecule has 0 N–H and O–H groups in total. The average Bonchev–Trinajstić information content (AvgIpc) is 2.90. The van der Waals surface area contributed by atoms with Crippen LogP contribution in [-0.4, -0.2) is 0 Å². The van der Waals surface area contributed by atoms with Gasteiger partial charge in [-0.1, -0.05) is 114 Å². The molecule has 0 aliphatic heterocycles. The van der Waals surface area contributed by atoms with Crippen LogP contribution in [0.5, 0.6) is 0 Å². The quantitative estimate of drug-likeness (QED) is 0.147. The van der Waals surface area contributed by atoms with E-state index in [4.69, 9.17) is 0 Å². The van der Waals surface area contributed by atoms with Gasteiger partial charge in [0.1, 0.15) is 0 Å². The third-order valence-corrected chi connectivity index (χ3v) is 9.06. The fourth-order valence-corrected chi connectivity index (χ4v) is 7.05. The van der Waals surface area contributed by atoms with E-state index >= 15 is 0 Å². The van der Waals surface area contributed by atoms with Crippen molar-refractivity contribution in [1.29, 1.82) is 0 Å². The summed E-state index contributed by atoms with van der Waals surface area (Å²) in [4.78, 5) is 0. The Morgan fingerprint density at radius 1 is 0.316 bits per heavy atom. The van der Waals surface area contributed by atoms with E-state index in [9.17, 15) is 0 Å². The lowest BCUT2D eigenvalue weighted by molar-refractivity contribution is 0.591. The van der Waals surface area contributed by atoms with Gasteiger partial charge < -0.3 is 0 Å². The van der Waals surface area contributed by atoms with Gasteiger partial charge in [-0.05, 0) is 109 Å². The highest BCUT2D eigenvalue weighted by Gasteiger charge is 2.23. The number of benzene rings is 8. The van der Waals surface area contributed by atoms with E-state index in [1.54, 1.807) is 0 Å². The van der Waals surface area contributed by atoms with Crippen molar-refractivity contribution in [3.05, 3.63) is 96.1 Å². The van der Waals surface area contributed by atoms with Crippen molar-refractivity contribution in [3.63, 3.8) is 0 Å². The van der Waals surface area contributed by atoms with E-state index in [1.807, 2.05) is 0 Å². The molecule has 0 nitrogen and oxygen atoms in total. The summed E-state index contributed by atoms with van der Waals surface area (Å²) in [5.41, 5.74) is 2.98. The molecule has 0 saturated heterocycles. The second-order valence-corrected chi connectivity index (χ2v) is 13.4. The SMILES string of the molecule is CC(C)(C)c1ccc2c(c1)c1ccc3c4cc(C(C)(C)C)ccc4c4cccc5c6cccc2c6c1c3c45. The van der Waals surface area contributed by atoms with Gasteiger partial charge in [0.05, 0.1) is 0 Å². The maximum atomic E-state index is 2.46. The first-order valence-electron chi connectivity index (χ1n) is 13.9. The lowest BCUT2D eigenvalue weighted by Crippen LogP contribution is -2.10. The van der Waals surface area contributed by atoms with Crippen molar-refractivity contribution in [1.82, 2.24) is 0 Å². The molecule has 0 radical (unpaired) electrons. The summed E-state index contributed by atoms with van der Waals surface area (Å²) in [7, 11) is 0. The minimum absolute atomic E-state index is 0.102. The second-order valence-electron chi connectivity index (χ2n) is 13.4. The van der Waals surface area contributed by atoms with Crippen LogP contribution < -0.4 is 0 Å². The minimum atomic E-state index is 0.102. The average molecular weight is 489 g/mol. The summed E-state index contributed by atoms with van der Waals surface area (Å²) >= 11 is 0. The molecular weight excluding hydrogens is 456 g/mol. The third kappa shape index (κ3) is 2.71. The molecule has 0 spiro atoms. The summed E-state index contributed by atoms with van der Waals surface area (Å²) in [6.45, 7) is 13.9. The van der Waals surface area contributed by atoms with Gasteiger partial charge in [-0.15, -0.1) is 0 Å². The Morgan fingerprint density at radius 2 is 0.632 bits per heavy atom. The standard InChI is InChI=1S/C38H32/c1-37(2,3)21-13-15-23-25-9-7-11-27-28-12-8-10-26-24-16-14-22(38(4,5)6)20-32(24)30-18-17-29(31(23)19-21)35(33(25)27)36(30)34(26)28/h7-20H,1-6H3. The zero-order valence-corrected chi connectivity index (χ0v) is 23.1. The van der Waals surface area contributed by atoms with Gasteiger partial charge in [-0.2, -0.15) is 0 Å². The molecule has 0 atom stereocenters. The Kier molecular flexibility index (Phi) is 4.04. The van der Waals surface area contributed by atoms with E-state index in [1.165, 1.54) is 86.5 Å². The molecule has 0 heteroatoms. The Labute approximate surface area is 223 Å². The number of rotatable bonds is 0. The second kappa shape index (κ2) is 6.94. The zero-order chi connectivity index (χ0) is 26.1. The molecule has 8 aromatic carbocycles. The molecular formula is C38H32. The van der Waals surface area contributed by atoms with Gasteiger partial charge in [0.15, 0.2) is 0 Å². The van der Waals surface area contributed by atoms with E-state index in [0.29, 0.717) is 0 Å². The topological polar surface area (TPSA) is 0 Å². The smallest absolute Gasteiger partial charge is 0.000741 e. The molecule has 0 fully saturated rings. The largest absolute Gasteiger partial charge is 0.0610 e. The number of hydrogen-bond acceptors (Lipinski definition) is 0. The first kappa shape index (κ1) is 22.1. The van der Waals surface area contributed by atoms with Crippen molar-refractivity contribution in [2.75, 3.05) is 0 Å². The van der Waals surface area contributed by atoms with E-state index < -0.39 is 0 Å². The molecule has 0 saturated carbocycles. The number of fused-ring (bicyclic) bond motifs is 7. The van der Waals surface area contributed by atoms with Gasteiger partial charge in [-0.25, -0.2) is 0 Å². The number of hydrogen-bond donors (Lipinski definition) is 0. The first-order chi connectivity index (χ1) is 18.1. The highest BCUT2D eigenvalue weighted by atomic mass is 14.3. The predicted octanol–water partition coefficient (Wildman–Crippen LogP) is 11.2. The van der Waals surface area contributed by atoms with Gasteiger partial charge in [0.2, 0.25) is 0 Å². The van der Waals surface area contributed by atoms with Crippen LogP contribution in [0.2, 0.25) is 0 Å². The lowest BCUT2D eigenvalue weighted by Gasteiger charge is -2.24. The van der Waals surface area contributed by atoms with Crippen molar-refractivity contribution in [2.45, 2.75) is 52.4 Å². The highest BCUT2D eigenvalue weighted by Crippen LogP contribution is 2.50. The predicted molar refractivity (Wildman–Crippen MR) is 169 cm³/mol.